The minimum atomic E-state index is -0.715. The minimum absolute atomic E-state index is 0.106. The number of nitro groups is 1. The van der Waals surface area contributed by atoms with Crippen molar-refractivity contribution < 1.29 is 9.72 Å². The van der Waals surface area contributed by atoms with Crippen molar-refractivity contribution in [2.75, 3.05) is 0 Å². The predicted molar refractivity (Wildman–Crippen MR) is 135 cm³/mol. The van der Waals surface area contributed by atoms with Crippen LogP contribution in [0, 0.1) is 10.1 Å². The molecule has 174 valence electrons. The van der Waals surface area contributed by atoms with E-state index in [9.17, 15) is 19.7 Å². The van der Waals surface area contributed by atoms with E-state index in [1.165, 1.54) is 18.0 Å². The van der Waals surface area contributed by atoms with Crippen LogP contribution in [0.15, 0.2) is 82.7 Å². The molecule has 1 aromatic heterocycles. The quantitative estimate of drug-likeness (QED) is 0.305. The van der Waals surface area contributed by atoms with E-state index in [2.05, 4.69) is 10.1 Å². The second kappa shape index (κ2) is 8.81. The van der Waals surface area contributed by atoms with E-state index < -0.39 is 11.0 Å². The number of fused-ring (bicyclic) bond motifs is 1. The van der Waals surface area contributed by atoms with Crippen molar-refractivity contribution >= 4 is 39.8 Å². The van der Waals surface area contributed by atoms with Crippen LogP contribution in [-0.2, 0) is 4.79 Å². The number of pyridine rings is 1. The highest BCUT2D eigenvalue weighted by Gasteiger charge is 2.37. The van der Waals surface area contributed by atoms with Gasteiger partial charge in [0.15, 0.2) is 0 Å². The highest BCUT2D eigenvalue weighted by atomic mass is 35.5. The van der Waals surface area contributed by atoms with Crippen molar-refractivity contribution in [3.63, 3.8) is 0 Å². The van der Waals surface area contributed by atoms with E-state index in [1.54, 1.807) is 30.3 Å². The molecule has 0 saturated heterocycles. The molecule has 1 N–H and O–H groups in total. The molecule has 0 saturated carbocycles. The van der Waals surface area contributed by atoms with E-state index >= 15 is 0 Å². The fourth-order valence-electron chi connectivity index (χ4n) is 4.58. The van der Waals surface area contributed by atoms with Crippen LogP contribution in [0.5, 0.6) is 0 Å². The van der Waals surface area contributed by atoms with E-state index in [4.69, 9.17) is 11.6 Å². The Morgan fingerprint density at radius 1 is 1.09 bits per heavy atom. The molecule has 1 atom stereocenters. The van der Waals surface area contributed by atoms with Gasteiger partial charge >= 0.3 is 0 Å². The average Bonchev–Trinajstić information content (AvgIpc) is 3.29. The first-order valence-electron chi connectivity index (χ1n) is 10.9. The second-order valence-corrected chi connectivity index (χ2v) is 8.64. The number of aromatic nitrogens is 1. The number of nitrogens with zero attached hydrogens (tertiary/aromatic N) is 3. The van der Waals surface area contributed by atoms with Crippen LogP contribution in [-0.4, -0.2) is 26.5 Å². The smallest absolute Gasteiger partial charge is 0.274 e. The summed E-state index contributed by atoms with van der Waals surface area (Å²) in [6.45, 7) is 1.35. The number of hydrogen-bond acceptors (Lipinski definition) is 5. The van der Waals surface area contributed by atoms with E-state index in [0.717, 1.165) is 10.9 Å². The lowest BCUT2D eigenvalue weighted by atomic mass is 9.90. The number of nitrogens with one attached hydrogen (secondary N) is 1. The molecule has 9 heteroatoms. The van der Waals surface area contributed by atoms with Gasteiger partial charge < -0.3 is 4.98 Å². The SMILES string of the molecule is CC(=O)N1N=C(c2c(-c3ccccc3)c3ccc(Cl)cc3[nH]c2=O)CC1c1ccccc1[N+](=O)[O-]. The summed E-state index contributed by atoms with van der Waals surface area (Å²) >= 11 is 6.17. The lowest BCUT2D eigenvalue weighted by Gasteiger charge is -2.20. The monoisotopic (exact) mass is 486 g/mol. The summed E-state index contributed by atoms with van der Waals surface area (Å²) in [5.74, 6) is -0.381. The van der Waals surface area contributed by atoms with Crippen LogP contribution >= 0.6 is 11.6 Å². The Balaban J connectivity index is 1.74. The number of benzene rings is 3. The molecule has 2 heterocycles. The standard InChI is InChI=1S/C26H19ClN4O4/c1-15(32)30-23(19-9-5-6-10-22(19)31(34)35)14-21(29-30)25-24(16-7-3-2-4-8-16)18-12-11-17(27)13-20(18)28-26(25)33/h2-13,23H,14H2,1H3,(H,28,33). The maximum absolute atomic E-state index is 13.4. The molecule has 1 aliphatic rings. The van der Waals surface area contributed by atoms with Crippen LogP contribution in [0.2, 0.25) is 5.02 Å². The second-order valence-electron chi connectivity index (χ2n) is 8.21. The van der Waals surface area contributed by atoms with Gasteiger partial charge in [-0.05, 0) is 23.8 Å². The Morgan fingerprint density at radius 3 is 2.51 bits per heavy atom. The van der Waals surface area contributed by atoms with Crippen LogP contribution in [0.1, 0.15) is 30.5 Å². The third-order valence-electron chi connectivity index (χ3n) is 6.05. The summed E-state index contributed by atoms with van der Waals surface area (Å²) < 4.78 is 0. The van der Waals surface area contributed by atoms with Gasteiger partial charge in [0.25, 0.3) is 11.2 Å². The molecule has 0 aliphatic carbocycles. The van der Waals surface area contributed by atoms with Gasteiger partial charge in [0, 0.05) is 35.4 Å². The summed E-state index contributed by atoms with van der Waals surface area (Å²) in [5, 5.41) is 18.7. The number of halogens is 1. The van der Waals surface area contributed by atoms with Crippen molar-refractivity contribution in [1.29, 1.82) is 0 Å². The molecule has 3 aromatic carbocycles. The molecule has 0 fully saturated rings. The van der Waals surface area contributed by atoms with Crippen LogP contribution in [0.3, 0.4) is 0 Å². The van der Waals surface area contributed by atoms with Gasteiger partial charge in [-0.2, -0.15) is 5.10 Å². The van der Waals surface area contributed by atoms with Crippen LogP contribution in [0.4, 0.5) is 5.69 Å². The molecule has 4 aromatic rings. The van der Waals surface area contributed by atoms with Gasteiger partial charge in [-0.3, -0.25) is 19.7 Å². The van der Waals surface area contributed by atoms with Gasteiger partial charge in [0.05, 0.1) is 33.3 Å². The van der Waals surface area contributed by atoms with Crippen molar-refractivity contribution in [2.24, 2.45) is 5.10 Å². The maximum atomic E-state index is 13.4. The van der Waals surface area contributed by atoms with Gasteiger partial charge in [-0.25, -0.2) is 5.01 Å². The summed E-state index contributed by atoms with van der Waals surface area (Å²) in [6, 6.07) is 20.2. The summed E-state index contributed by atoms with van der Waals surface area (Å²) in [4.78, 5) is 40.0. The number of carbonyl (C=O) groups excluding carboxylic acids is 1. The third kappa shape index (κ3) is 3.98. The third-order valence-corrected chi connectivity index (χ3v) is 6.29. The first kappa shape index (κ1) is 22.5. The van der Waals surface area contributed by atoms with Crippen molar-refractivity contribution in [3.8, 4) is 11.1 Å². The number of rotatable bonds is 4. The van der Waals surface area contributed by atoms with E-state index in [-0.39, 0.29) is 23.6 Å². The molecular weight excluding hydrogens is 468 g/mol. The van der Waals surface area contributed by atoms with Gasteiger partial charge in [0.1, 0.15) is 0 Å². The highest BCUT2D eigenvalue weighted by molar-refractivity contribution is 6.31. The molecule has 1 unspecified atom stereocenters. The number of hydrogen-bond donors (Lipinski definition) is 1. The number of aromatic amines is 1. The molecule has 0 radical (unpaired) electrons. The van der Waals surface area contributed by atoms with E-state index in [0.29, 0.717) is 32.9 Å². The lowest BCUT2D eigenvalue weighted by molar-refractivity contribution is -0.385. The van der Waals surface area contributed by atoms with Gasteiger partial charge in [-0.1, -0.05) is 60.1 Å². The number of amides is 1. The molecule has 5 rings (SSSR count). The Labute approximate surface area is 204 Å². The fourth-order valence-corrected chi connectivity index (χ4v) is 4.75. The van der Waals surface area contributed by atoms with Crippen LogP contribution < -0.4 is 5.56 Å². The van der Waals surface area contributed by atoms with Gasteiger partial charge in [-0.15, -0.1) is 0 Å². The summed E-state index contributed by atoms with van der Waals surface area (Å²) in [7, 11) is 0. The van der Waals surface area contributed by atoms with Crippen molar-refractivity contribution in [1.82, 2.24) is 9.99 Å². The van der Waals surface area contributed by atoms with Crippen molar-refractivity contribution in [2.45, 2.75) is 19.4 Å². The van der Waals surface area contributed by atoms with Crippen molar-refractivity contribution in [3.05, 3.63) is 109 Å². The zero-order valence-corrected chi connectivity index (χ0v) is 19.3. The summed E-state index contributed by atoms with van der Waals surface area (Å²) in [6.07, 6.45) is 0.145. The van der Waals surface area contributed by atoms with Gasteiger partial charge in [0.2, 0.25) is 5.91 Å². The molecule has 0 spiro atoms. The number of nitro benzene ring substituents is 1. The Morgan fingerprint density at radius 2 is 1.80 bits per heavy atom. The number of hydrazone groups is 1. The minimum Gasteiger partial charge on any atom is -0.321 e. The number of para-hydroxylation sites is 1. The normalized spacial score (nSPS) is 15.3. The first-order chi connectivity index (χ1) is 16.8. The van der Waals surface area contributed by atoms with Crippen LogP contribution in [0.25, 0.3) is 22.0 Å². The average molecular weight is 487 g/mol. The molecule has 8 nitrogen and oxygen atoms in total. The zero-order valence-electron chi connectivity index (χ0n) is 18.6. The Kier molecular flexibility index (Phi) is 5.66. The summed E-state index contributed by atoms with van der Waals surface area (Å²) in [5.41, 5.74) is 2.59. The Bertz CT molecular complexity index is 1580. The molecular formula is C26H19ClN4O4. The molecule has 1 aliphatic heterocycles. The topological polar surface area (TPSA) is 109 Å². The maximum Gasteiger partial charge on any atom is 0.274 e. The predicted octanol–water partition coefficient (Wildman–Crippen LogP) is 5.45. The number of carbonyl (C=O) groups is 1. The molecule has 0 bridgehead atoms. The lowest BCUT2D eigenvalue weighted by Crippen LogP contribution is -2.24. The largest absolute Gasteiger partial charge is 0.321 e. The fraction of sp³-hybridized carbons (Fsp3) is 0.115. The Hall–Kier alpha value is -4.30. The molecule has 35 heavy (non-hydrogen) atoms. The zero-order chi connectivity index (χ0) is 24.7. The highest BCUT2D eigenvalue weighted by Crippen LogP contribution is 2.39. The van der Waals surface area contributed by atoms with E-state index in [1.807, 2.05) is 36.4 Å². The number of H-pyrrole nitrogens is 1. The molecule has 1 amide bonds. The first-order valence-corrected chi connectivity index (χ1v) is 11.2.